The Labute approximate surface area is 140 Å². The first-order valence-electron chi connectivity index (χ1n) is 6.97. The predicted octanol–water partition coefficient (Wildman–Crippen LogP) is 5.74. The van der Waals surface area contributed by atoms with Crippen LogP contribution in [0.15, 0.2) is 47.4 Å². The number of aryl methyl sites for hydroxylation is 1. The molecular formula is C17H19Cl2NS. The van der Waals surface area contributed by atoms with Gasteiger partial charge in [-0.1, -0.05) is 61.3 Å². The van der Waals surface area contributed by atoms with Gasteiger partial charge < -0.3 is 5.73 Å². The number of nitrogens with two attached hydrogens (primary N) is 1. The van der Waals surface area contributed by atoms with Gasteiger partial charge in [-0.05, 0) is 35.7 Å². The Morgan fingerprint density at radius 2 is 1.71 bits per heavy atom. The second-order valence-corrected chi connectivity index (χ2v) is 7.28. The summed E-state index contributed by atoms with van der Waals surface area (Å²) >= 11 is 13.7. The molecule has 2 atom stereocenters. The molecule has 1 nitrogen and oxygen atoms in total. The van der Waals surface area contributed by atoms with E-state index in [1.54, 1.807) is 11.8 Å². The van der Waals surface area contributed by atoms with Crippen molar-refractivity contribution >= 4 is 35.0 Å². The number of thioether (sulfide) groups is 1. The lowest BCUT2D eigenvalue weighted by molar-refractivity contribution is 0.714. The Balaban J connectivity index is 2.07. The molecular weight excluding hydrogens is 321 g/mol. The molecule has 112 valence electrons. The van der Waals surface area contributed by atoms with E-state index in [2.05, 4.69) is 38.1 Å². The van der Waals surface area contributed by atoms with E-state index >= 15 is 0 Å². The van der Waals surface area contributed by atoms with E-state index in [9.17, 15) is 0 Å². The number of benzene rings is 2. The van der Waals surface area contributed by atoms with Gasteiger partial charge in [-0.15, -0.1) is 11.8 Å². The Morgan fingerprint density at radius 3 is 2.29 bits per heavy atom. The second-order valence-electron chi connectivity index (χ2n) is 5.02. The number of halogens is 2. The lowest BCUT2D eigenvalue weighted by Crippen LogP contribution is -2.21. The van der Waals surface area contributed by atoms with Crippen molar-refractivity contribution < 1.29 is 0 Å². The highest BCUT2D eigenvalue weighted by molar-refractivity contribution is 8.00. The van der Waals surface area contributed by atoms with Crippen molar-refractivity contribution in [1.29, 1.82) is 0 Å². The highest BCUT2D eigenvalue weighted by atomic mass is 35.5. The van der Waals surface area contributed by atoms with Crippen LogP contribution in [0.5, 0.6) is 0 Å². The van der Waals surface area contributed by atoms with Crippen molar-refractivity contribution in [3.63, 3.8) is 0 Å². The van der Waals surface area contributed by atoms with E-state index < -0.39 is 0 Å². The zero-order valence-electron chi connectivity index (χ0n) is 12.1. The molecule has 2 aromatic rings. The smallest absolute Gasteiger partial charge is 0.0603 e. The monoisotopic (exact) mass is 339 g/mol. The molecule has 0 amide bonds. The van der Waals surface area contributed by atoms with Gasteiger partial charge in [-0.2, -0.15) is 0 Å². The first kappa shape index (κ1) is 16.7. The van der Waals surface area contributed by atoms with E-state index in [0.29, 0.717) is 10.0 Å². The van der Waals surface area contributed by atoms with Crippen LogP contribution in [0, 0.1) is 0 Å². The van der Waals surface area contributed by atoms with Crippen LogP contribution in [-0.4, -0.2) is 5.25 Å². The van der Waals surface area contributed by atoms with Gasteiger partial charge in [0.05, 0.1) is 10.0 Å². The zero-order chi connectivity index (χ0) is 15.4. The molecule has 21 heavy (non-hydrogen) atoms. The van der Waals surface area contributed by atoms with Crippen LogP contribution in [0.25, 0.3) is 0 Å². The first-order valence-corrected chi connectivity index (χ1v) is 8.61. The molecule has 2 rings (SSSR count). The van der Waals surface area contributed by atoms with Gasteiger partial charge in [0.25, 0.3) is 0 Å². The van der Waals surface area contributed by atoms with Crippen LogP contribution in [0.4, 0.5) is 0 Å². The van der Waals surface area contributed by atoms with Crippen LogP contribution in [0.2, 0.25) is 10.0 Å². The van der Waals surface area contributed by atoms with Crippen LogP contribution in [-0.2, 0) is 6.42 Å². The topological polar surface area (TPSA) is 26.0 Å². The summed E-state index contributed by atoms with van der Waals surface area (Å²) in [6.07, 6.45) is 1.04. The SMILES string of the molecule is CCc1ccc(C(N)C(C)Sc2ccc(Cl)c(Cl)c2)cc1. The van der Waals surface area contributed by atoms with Crippen molar-refractivity contribution in [2.45, 2.75) is 36.5 Å². The van der Waals surface area contributed by atoms with Crippen molar-refractivity contribution in [2.24, 2.45) is 5.73 Å². The Morgan fingerprint density at radius 1 is 1.05 bits per heavy atom. The maximum absolute atomic E-state index is 6.37. The van der Waals surface area contributed by atoms with Crippen LogP contribution in [0.3, 0.4) is 0 Å². The molecule has 0 heterocycles. The number of hydrogen-bond acceptors (Lipinski definition) is 2. The molecule has 0 aliphatic heterocycles. The average Bonchev–Trinajstić information content (AvgIpc) is 2.50. The first-order chi connectivity index (χ1) is 10.0. The fourth-order valence-corrected chi connectivity index (χ4v) is 3.51. The molecule has 0 saturated carbocycles. The molecule has 0 spiro atoms. The maximum Gasteiger partial charge on any atom is 0.0603 e. The summed E-state index contributed by atoms with van der Waals surface area (Å²) in [5.41, 5.74) is 8.85. The summed E-state index contributed by atoms with van der Waals surface area (Å²) in [5.74, 6) is 0. The summed E-state index contributed by atoms with van der Waals surface area (Å²) in [4.78, 5) is 1.08. The largest absolute Gasteiger partial charge is 0.323 e. The Kier molecular flexibility index (Phi) is 6.00. The van der Waals surface area contributed by atoms with Gasteiger partial charge in [0.15, 0.2) is 0 Å². The third-order valence-electron chi connectivity index (χ3n) is 3.49. The van der Waals surface area contributed by atoms with Gasteiger partial charge in [0.1, 0.15) is 0 Å². The molecule has 0 bridgehead atoms. The summed E-state index contributed by atoms with van der Waals surface area (Å²) in [7, 11) is 0. The quantitative estimate of drug-likeness (QED) is 0.703. The van der Waals surface area contributed by atoms with Crippen LogP contribution >= 0.6 is 35.0 Å². The molecule has 4 heteroatoms. The van der Waals surface area contributed by atoms with E-state index in [0.717, 1.165) is 16.9 Å². The van der Waals surface area contributed by atoms with Crippen molar-refractivity contribution in [3.8, 4) is 0 Å². The normalized spacial score (nSPS) is 14.0. The maximum atomic E-state index is 6.37. The summed E-state index contributed by atoms with van der Waals surface area (Å²) < 4.78 is 0. The van der Waals surface area contributed by atoms with E-state index in [1.165, 1.54) is 5.56 Å². The minimum Gasteiger partial charge on any atom is -0.323 e. The molecule has 0 aliphatic rings. The molecule has 0 aromatic heterocycles. The number of hydrogen-bond donors (Lipinski definition) is 1. The fraction of sp³-hybridized carbons (Fsp3) is 0.294. The van der Waals surface area contributed by atoms with Crippen LogP contribution < -0.4 is 5.73 Å². The molecule has 2 N–H and O–H groups in total. The summed E-state index contributed by atoms with van der Waals surface area (Å²) in [6.45, 7) is 4.28. The minimum absolute atomic E-state index is 0.0182. The van der Waals surface area contributed by atoms with Crippen molar-refractivity contribution in [2.75, 3.05) is 0 Å². The molecule has 0 fully saturated rings. The zero-order valence-corrected chi connectivity index (χ0v) is 14.5. The molecule has 0 radical (unpaired) electrons. The highest BCUT2D eigenvalue weighted by Crippen LogP contribution is 2.34. The lowest BCUT2D eigenvalue weighted by atomic mass is 10.0. The molecule has 0 saturated heterocycles. The Bertz CT molecular complexity index is 598. The standard InChI is InChI=1S/C17H19Cl2NS/c1-3-12-4-6-13(7-5-12)17(20)11(2)21-14-8-9-15(18)16(19)10-14/h4-11,17H,3,20H2,1-2H3. The van der Waals surface area contributed by atoms with Crippen LogP contribution in [0.1, 0.15) is 31.0 Å². The van der Waals surface area contributed by atoms with E-state index in [-0.39, 0.29) is 11.3 Å². The second kappa shape index (κ2) is 7.55. The van der Waals surface area contributed by atoms with Gasteiger partial charge in [0.2, 0.25) is 0 Å². The average molecular weight is 340 g/mol. The van der Waals surface area contributed by atoms with Gasteiger partial charge >= 0.3 is 0 Å². The van der Waals surface area contributed by atoms with Gasteiger partial charge in [-0.25, -0.2) is 0 Å². The fourth-order valence-electron chi connectivity index (χ4n) is 2.08. The van der Waals surface area contributed by atoms with Crippen molar-refractivity contribution in [1.82, 2.24) is 0 Å². The summed E-state index contributed by atoms with van der Waals surface area (Å²) in [6, 6.07) is 14.2. The van der Waals surface area contributed by atoms with Gasteiger partial charge in [-0.3, -0.25) is 0 Å². The predicted molar refractivity (Wildman–Crippen MR) is 94.5 cm³/mol. The molecule has 2 unspecified atom stereocenters. The van der Waals surface area contributed by atoms with Crippen molar-refractivity contribution in [3.05, 3.63) is 63.6 Å². The third-order valence-corrected chi connectivity index (χ3v) is 5.42. The third kappa shape index (κ3) is 4.40. The lowest BCUT2D eigenvalue weighted by Gasteiger charge is -2.20. The van der Waals surface area contributed by atoms with E-state index in [4.69, 9.17) is 28.9 Å². The highest BCUT2D eigenvalue weighted by Gasteiger charge is 2.16. The minimum atomic E-state index is -0.0182. The number of rotatable bonds is 5. The van der Waals surface area contributed by atoms with Gasteiger partial charge in [0, 0.05) is 16.2 Å². The summed E-state index contributed by atoms with van der Waals surface area (Å²) in [5, 5.41) is 1.40. The Hall–Kier alpha value is -0.670. The molecule has 2 aromatic carbocycles. The van der Waals surface area contributed by atoms with E-state index in [1.807, 2.05) is 18.2 Å². The molecule has 0 aliphatic carbocycles.